The van der Waals surface area contributed by atoms with Crippen LogP contribution in [0.1, 0.15) is 32.0 Å². The van der Waals surface area contributed by atoms with Gasteiger partial charge in [-0.1, -0.05) is 13.8 Å². The molecule has 0 bridgehead atoms. The summed E-state index contributed by atoms with van der Waals surface area (Å²) in [6.07, 6.45) is 5.52. The minimum atomic E-state index is 0.787. The van der Waals surface area contributed by atoms with Crippen LogP contribution < -0.4 is 5.32 Å². The number of nitrogens with zero attached hydrogens (tertiary/aromatic N) is 3. The van der Waals surface area contributed by atoms with Crippen LogP contribution in [0, 0.1) is 0 Å². The smallest absolute Gasteiger partial charge is 0.162 e. The molecule has 0 saturated carbocycles. The lowest BCUT2D eigenvalue weighted by atomic mass is 10.1. The van der Waals surface area contributed by atoms with Crippen molar-refractivity contribution in [3.63, 3.8) is 0 Å². The van der Waals surface area contributed by atoms with E-state index in [9.17, 15) is 0 Å². The third-order valence-corrected chi connectivity index (χ3v) is 3.02. The van der Waals surface area contributed by atoms with Gasteiger partial charge in [0.2, 0.25) is 0 Å². The van der Waals surface area contributed by atoms with Gasteiger partial charge in [-0.15, -0.1) is 0 Å². The zero-order chi connectivity index (χ0) is 13.7. The monoisotopic (exact) mass is 256 g/mol. The molecule has 19 heavy (non-hydrogen) atoms. The highest BCUT2D eigenvalue weighted by atomic mass is 15.0. The number of hydrogen-bond acceptors (Lipinski definition) is 4. The van der Waals surface area contributed by atoms with Crippen LogP contribution in [-0.2, 0) is 12.8 Å². The lowest BCUT2D eigenvalue weighted by molar-refractivity contribution is 0.990. The molecule has 100 valence electrons. The van der Waals surface area contributed by atoms with Crippen molar-refractivity contribution in [3.8, 4) is 11.4 Å². The second-order valence-corrected chi connectivity index (χ2v) is 4.34. The van der Waals surface area contributed by atoms with Crippen molar-refractivity contribution in [2.75, 3.05) is 11.9 Å². The predicted octanol–water partition coefficient (Wildman–Crippen LogP) is 3.10. The molecule has 0 amide bonds. The average molecular weight is 256 g/mol. The van der Waals surface area contributed by atoms with Gasteiger partial charge in [0.25, 0.3) is 0 Å². The van der Waals surface area contributed by atoms with E-state index in [4.69, 9.17) is 0 Å². The molecule has 0 aliphatic heterocycles. The van der Waals surface area contributed by atoms with Gasteiger partial charge < -0.3 is 5.32 Å². The molecule has 0 saturated heterocycles. The third kappa shape index (κ3) is 3.08. The molecular formula is C15H20N4. The van der Waals surface area contributed by atoms with E-state index in [0.29, 0.717) is 0 Å². The molecule has 4 heteroatoms. The summed E-state index contributed by atoms with van der Waals surface area (Å²) in [6.45, 7) is 7.15. The van der Waals surface area contributed by atoms with Gasteiger partial charge in [-0.3, -0.25) is 4.98 Å². The maximum Gasteiger partial charge on any atom is 0.162 e. The Morgan fingerprint density at radius 1 is 1.11 bits per heavy atom. The standard InChI is InChI=1S/C15H20N4/c1-4-11-10-16-8-7-13(11)15-18-12(5-2)9-14(19-15)17-6-3/h7-10H,4-6H2,1-3H3,(H,17,18,19). The Hall–Kier alpha value is -1.97. The summed E-state index contributed by atoms with van der Waals surface area (Å²) in [5.74, 6) is 1.68. The molecule has 1 N–H and O–H groups in total. The second-order valence-electron chi connectivity index (χ2n) is 4.34. The zero-order valence-corrected chi connectivity index (χ0v) is 11.8. The Kier molecular flexibility index (Phi) is 4.44. The van der Waals surface area contributed by atoms with E-state index in [-0.39, 0.29) is 0 Å². The van der Waals surface area contributed by atoms with Crippen molar-refractivity contribution in [2.45, 2.75) is 33.6 Å². The summed E-state index contributed by atoms with van der Waals surface area (Å²) in [5.41, 5.74) is 3.31. The van der Waals surface area contributed by atoms with Crippen molar-refractivity contribution in [1.82, 2.24) is 15.0 Å². The van der Waals surface area contributed by atoms with Crippen LogP contribution in [0.15, 0.2) is 24.5 Å². The lowest BCUT2D eigenvalue weighted by Gasteiger charge is -2.10. The van der Waals surface area contributed by atoms with E-state index in [1.165, 1.54) is 5.56 Å². The first kappa shape index (κ1) is 13.5. The van der Waals surface area contributed by atoms with E-state index in [1.807, 2.05) is 18.3 Å². The first-order chi connectivity index (χ1) is 9.28. The number of aryl methyl sites for hydroxylation is 2. The number of hydrogen-bond donors (Lipinski definition) is 1. The Labute approximate surface area is 114 Å². The van der Waals surface area contributed by atoms with Gasteiger partial charge in [-0.2, -0.15) is 0 Å². The van der Waals surface area contributed by atoms with Crippen LogP contribution in [-0.4, -0.2) is 21.5 Å². The van der Waals surface area contributed by atoms with E-state index in [0.717, 1.165) is 42.3 Å². The van der Waals surface area contributed by atoms with Gasteiger partial charge >= 0.3 is 0 Å². The molecule has 2 aromatic heterocycles. The zero-order valence-electron chi connectivity index (χ0n) is 11.8. The molecule has 2 aromatic rings. The predicted molar refractivity (Wildman–Crippen MR) is 78.2 cm³/mol. The Bertz CT molecular complexity index is 552. The van der Waals surface area contributed by atoms with Crippen molar-refractivity contribution >= 4 is 5.82 Å². The number of pyridine rings is 1. The number of rotatable bonds is 5. The quantitative estimate of drug-likeness (QED) is 0.893. The molecular weight excluding hydrogens is 236 g/mol. The molecule has 4 nitrogen and oxygen atoms in total. The number of nitrogens with one attached hydrogen (secondary N) is 1. The van der Waals surface area contributed by atoms with E-state index >= 15 is 0 Å². The molecule has 0 unspecified atom stereocenters. The lowest BCUT2D eigenvalue weighted by Crippen LogP contribution is -2.04. The maximum absolute atomic E-state index is 4.63. The van der Waals surface area contributed by atoms with Crippen LogP contribution >= 0.6 is 0 Å². The Morgan fingerprint density at radius 3 is 2.63 bits per heavy atom. The Balaban J connectivity index is 2.51. The largest absolute Gasteiger partial charge is 0.370 e. The fourth-order valence-electron chi connectivity index (χ4n) is 2.00. The van der Waals surface area contributed by atoms with Crippen molar-refractivity contribution in [1.29, 1.82) is 0 Å². The third-order valence-electron chi connectivity index (χ3n) is 3.02. The maximum atomic E-state index is 4.63. The van der Waals surface area contributed by atoms with Crippen LogP contribution in [0.5, 0.6) is 0 Å². The highest BCUT2D eigenvalue weighted by molar-refractivity contribution is 5.61. The Morgan fingerprint density at radius 2 is 1.95 bits per heavy atom. The summed E-state index contributed by atoms with van der Waals surface area (Å²) in [6, 6.07) is 4.00. The molecule has 2 rings (SSSR count). The minimum Gasteiger partial charge on any atom is -0.370 e. The molecule has 0 atom stereocenters. The average Bonchev–Trinajstić information content (AvgIpc) is 2.47. The van der Waals surface area contributed by atoms with Gasteiger partial charge in [0, 0.05) is 36.3 Å². The SMILES string of the molecule is CCNc1cc(CC)nc(-c2ccncc2CC)n1. The summed E-state index contributed by atoms with van der Waals surface area (Å²) < 4.78 is 0. The molecule has 0 spiro atoms. The first-order valence-electron chi connectivity index (χ1n) is 6.83. The van der Waals surface area contributed by atoms with Gasteiger partial charge in [0.1, 0.15) is 5.82 Å². The van der Waals surface area contributed by atoms with Crippen LogP contribution in [0.3, 0.4) is 0 Å². The molecule has 0 aromatic carbocycles. The molecule has 0 radical (unpaired) electrons. The number of anilines is 1. The van der Waals surface area contributed by atoms with Crippen molar-refractivity contribution in [2.24, 2.45) is 0 Å². The van der Waals surface area contributed by atoms with Crippen LogP contribution in [0.4, 0.5) is 5.82 Å². The van der Waals surface area contributed by atoms with Crippen molar-refractivity contribution in [3.05, 3.63) is 35.8 Å². The first-order valence-corrected chi connectivity index (χ1v) is 6.83. The molecule has 2 heterocycles. The molecule has 0 aliphatic carbocycles. The van der Waals surface area contributed by atoms with E-state index < -0.39 is 0 Å². The summed E-state index contributed by atoms with van der Waals surface area (Å²) in [7, 11) is 0. The fourth-order valence-corrected chi connectivity index (χ4v) is 2.00. The minimum absolute atomic E-state index is 0.787. The van der Waals surface area contributed by atoms with Crippen molar-refractivity contribution < 1.29 is 0 Å². The van der Waals surface area contributed by atoms with Gasteiger partial charge in [-0.05, 0) is 31.4 Å². The second kappa shape index (κ2) is 6.27. The van der Waals surface area contributed by atoms with Crippen LogP contribution in [0.25, 0.3) is 11.4 Å². The summed E-state index contributed by atoms with van der Waals surface area (Å²) in [4.78, 5) is 13.4. The van der Waals surface area contributed by atoms with E-state index in [2.05, 4.69) is 41.0 Å². The molecule has 0 fully saturated rings. The topological polar surface area (TPSA) is 50.7 Å². The highest BCUT2D eigenvalue weighted by Crippen LogP contribution is 2.22. The highest BCUT2D eigenvalue weighted by Gasteiger charge is 2.09. The molecule has 0 aliphatic rings. The van der Waals surface area contributed by atoms with Gasteiger partial charge in [0.15, 0.2) is 5.82 Å². The van der Waals surface area contributed by atoms with Crippen LogP contribution in [0.2, 0.25) is 0 Å². The fraction of sp³-hybridized carbons (Fsp3) is 0.400. The normalized spacial score (nSPS) is 10.5. The summed E-state index contributed by atoms with van der Waals surface area (Å²) >= 11 is 0. The summed E-state index contributed by atoms with van der Waals surface area (Å²) in [5, 5.41) is 3.26. The number of aromatic nitrogens is 3. The van der Waals surface area contributed by atoms with Gasteiger partial charge in [0.05, 0.1) is 0 Å². The van der Waals surface area contributed by atoms with Gasteiger partial charge in [-0.25, -0.2) is 9.97 Å². The van der Waals surface area contributed by atoms with E-state index in [1.54, 1.807) is 6.20 Å².